The van der Waals surface area contributed by atoms with Crippen LogP contribution < -0.4 is 11.1 Å². The minimum absolute atomic E-state index is 0.0330. The highest BCUT2D eigenvalue weighted by atomic mass is 19.1. The van der Waals surface area contributed by atoms with E-state index < -0.39 is 23.9 Å². The number of primary amides is 1. The number of ether oxygens (including phenoxy) is 1. The first-order chi connectivity index (χ1) is 17.2. The van der Waals surface area contributed by atoms with Crippen molar-refractivity contribution >= 4 is 28.8 Å². The molecule has 194 valence electrons. The van der Waals surface area contributed by atoms with Gasteiger partial charge in [0.15, 0.2) is 5.82 Å². The lowest BCUT2D eigenvalue weighted by molar-refractivity contribution is -0.255. The van der Waals surface area contributed by atoms with Crippen molar-refractivity contribution in [2.24, 2.45) is 23.0 Å². The molecule has 2 aromatic rings. The van der Waals surface area contributed by atoms with Gasteiger partial charge in [0.1, 0.15) is 11.3 Å². The fraction of sp³-hybridized carbons (Fsp3) is 0.615. The Morgan fingerprint density at radius 2 is 2.11 bits per heavy atom. The van der Waals surface area contributed by atoms with Crippen molar-refractivity contribution in [3.05, 3.63) is 29.8 Å². The highest BCUT2D eigenvalue weighted by Gasteiger charge is 2.61. The first-order valence-corrected chi connectivity index (χ1v) is 12.8. The molecular weight excluding hydrogens is 465 g/mol. The van der Waals surface area contributed by atoms with E-state index >= 15 is 0 Å². The number of piperidine rings is 1. The number of rotatable bonds is 7. The minimum atomic E-state index is -0.710. The van der Waals surface area contributed by atoms with Crippen LogP contribution in [0, 0.1) is 23.1 Å². The summed E-state index contributed by atoms with van der Waals surface area (Å²) < 4.78 is 20.0. The van der Waals surface area contributed by atoms with E-state index in [4.69, 9.17) is 10.5 Å². The van der Waals surface area contributed by atoms with Crippen molar-refractivity contribution in [2.75, 3.05) is 13.2 Å². The number of nitrogens with zero attached hydrogens (tertiary/aromatic N) is 2. The Bertz CT molecular complexity index is 1180. The van der Waals surface area contributed by atoms with Crippen LogP contribution in [0.5, 0.6) is 0 Å². The zero-order valence-electron chi connectivity index (χ0n) is 20.8. The number of aromatic nitrogens is 2. The number of nitrogens with one attached hydrogen (secondary N) is 2. The van der Waals surface area contributed by atoms with E-state index in [1.54, 1.807) is 19.1 Å². The van der Waals surface area contributed by atoms with Crippen molar-refractivity contribution in [1.29, 1.82) is 0 Å². The smallest absolute Gasteiger partial charge is 0.226 e. The molecule has 2 aliphatic heterocycles. The number of para-hydroxylation sites is 1. The van der Waals surface area contributed by atoms with E-state index in [1.165, 1.54) is 6.07 Å². The summed E-state index contributed by atoms with van der Waals surface area (Å²) in [5, 5.41) is 2.97. The largest absolute Gasteiger partial charge is 0.376 e. The van der Waals surface area contributed by atoms with Gasteiger partial charge in [-0.2, -0.15) is 0 Å². The van der Waals surface area contributed by atoms with E-state index in [0.717, 1.165) is 19.3 Å². The normalized spacial score (nSPS) is 29.3. The monoisotopic (exact) mass is 499 g/mol. The van der Waals surface area contributed by atoms with Crippen LogP contribution in [0.25, 0.3) is 11.0 Å². The number of H-pyrrole nitrogens is 1. The Hall–Kier alpha value is -3.01. The van der Waals surface area contributed by atoms with Gasteiger partial charge in [-0.25, -0.2) is 9.37 Å². The van der Waals surface area contributed by atoms with Crippen LogP contribution in [-0.4, -0.2) is 57.9 Å². The van der Waals surface area contributed by atoms with Crippen LogP contribution >= 0.6 is 0 Å². The lowest BCUT2D eigenvalue weighted by Gasteiger charge is -2.59. The number of carbonyl (C=O) groups excluding carboxylic acids is 3. The standard InChI is InChI=1S/C26H34FN5O4/c1-14-6-3-4-9-32(14)20(33)10-17(22-26(13-36-22)11-16(12-26)23(28)34)25(35)29-15(2)24-30-19-8-5-7-18(27)21(19)31-24/h5,7-8,14-17,22H,3-4,6,9-13H2,1-2H3,(H2,28,34)(H,29,35)(H,30,31)/t14-,15-,16?,17-,22?,26?/m0/s1. The van der Waals surface area contributed by atoms with Crippen LogP contribution in [-0.2, 0) is 19.1 Å². The maximum absolute atomic E-state index is 14.1. The number of carbonyl (C=O) groups is 3. The van der Waals surface area contributed by atoms with Gasteiger partial charge in [-0.15, -0.1) is 0 Å². The highest BCUT2D eigenvalue weighted by Crippen LogP contribution is 2.57. The number of imidazole rings is 1. The molecule has 3 heterocycles. The molecule has 1 unspecified atom stereocenters. The lowest BCUT2D eigenvalue weighted by Crippen LogP contribution is -2.65. The second-order valence-corrected chi connectivity index (χ2v) is 10.8. The molecule has 2 saturated heterocycles. The van der Waals surface area contributed by atoms with E-state index in [9.17, 15) is 18.8 Å². The summed E-state index contributed by atoms with van der Waals surface area (Å²) >= 11 is 0. The summed E-state index contributed by atoms with van der Waals surface area (Å²) in [7, 11) is 0. The van der Waals surface area contributed by atoms with Gasteiger partial charge in [0.25, 0.3) is 0 Å². The summed E-state index contributed by atoms with van der Waals surface area (Å²) in [6.45, 7) is 4.95. The molecule has 1 aliphatic carbocycles. The van der Waals surface area contributed by atoms with Crippen molar-refractivity contribution in [3.63, 3.8) is 0 Å². The topological polar surface area (TPSA) is 130 Å². The summed E-state index contributed by atoms with van der Waals surface area (Å²) in [4.78, 5) is 47.9. The van der Waals surface area contributed by atoms with E-state index in [1.807, 2.05) is 11.8 Å². The molecule has 5 rings (SSSR count). The van der Waals surface area contributed by atoms with Gasteiger partial charge < -0.3 is 25.7 Å². The van der Waals surface area contributed by atoms with Gasteiger partial charge in [0.2, 0.25) is 17.7 Å². The van der Waals surface area contributed by atoms with Gasteiger partial charge >= 0.3 is 0 Å². The average Bonchev–Trinajstić information content (AvgIpc) is 3.23. The summed E-state index contributed by atoms with van der Waals surface area (Å²) in [5.41, 5.74) is 5.95. The summed E-state index contributed by atoms with van der Waals surface area (Å²) in [5.74, 6) is -1.65. The van der Waals surface area contributed by atoms with Crippen LogP contribution in [0.2, 0.25) is 0 Å². The fourth-order valence-corrected chi connectivity index (χ4v) is 6.15. The molecule has 4 atom stereocenters. The maximum atomic E-state index is 14.1. The number of likely N-dealkylation sites (tertiary alicyclic amines) is 1. The van der Waals surface area contributed by atoms with Gasteiger partial charge in [0.05, 0.1) is 30.2 Å². The van der Waals surface area contributed by atoms with E-state index in [0.29, 0.717) is 37.3 Å². The Labute approximate surface area is 209 Å². The zero-order valence-corrected chi connectivity index (χ0v) is 20.8. The van der Waals surface area contributed by atoms with Crippen molar-refractivity contribution < 1.29 is 23.5 Å². The van der Waals surface area contributed by atoms with Crippen molar-refractivity contribution in [3.8, 4) is 0 Å². The van der Waals surface area contributed by atoms with Crippen molar-refractivity contribution in [1.82, 2.24) is 20.2 Å². The van der Waals surface area contributed by atoms with Crippen LogP contribution in [0.3, 0.4) is 0 Å². The molecule has 3 fully saturated rings. The second kappa shape index (κ2) is 9.46. The third-order valence-corrected chi connectivity index (χ3v) is 8.33. The summed E-state index contributed by atoms with van der Waals surface area (Å²) in [6.07, 6.45) is 3.72. The zero-order chi connectivity index (χ0) is 25.6. The molecule has 1 spiro atoms. The SMILES string of the molecule is C[C@H](NC(=O)[C@@H](CC(=O)N1CCCC[C@@H]1C)C1OCC12CC(C(N)=O)C2)c1nc2c(F)cccc2[nH]1. The van der Waals surface area contributed by atoms with Crippen LogP contribution in [0.15, 0.2) is 18.2 Å². The predicted octanol–water partition coefficient (Wildman–Crippen LogP) is 2.57. The van der Waals surface area contributed by atoms with Crippen molar-refractivity contribution in [2.45, 2.75) is 70.6 Å². The molecule has 10 heteroatoms. The van der Waals surface area contributed by atoms with Crippen LogP contribution in [0.1, 0.15) is 64.2 Å². The van der Waals surface area contributed by atoms with E-state index in [-0.39, 0.29) is 47.0 Å². The molecule has 3 amide bonds. The maximum Gasteiger partial charge on any atom is 0.226 e. The Morgan fingerprint density at radius 3 is 2.75 bits per heavy atom. The second-order valence-electron chi connectivity index (χ2n) is 10.8. The fourth-order valence-electron chi connectivity index (χ4n) is 6.15. The molecule has 36 heavy (non-hydrogen) atoms. The molecule has 0 radical (unpaired) electrons. The predicted molar refractivity (Wildman–Crippen MR) is 130 cm³/mol. The molecule has 9 nitrogen and oxygen atoms in total. The molecule has 1 aromatic carbocycles. The Balaban J connectivity index is 1.34. The number of fused-ring (bicyclic) bond motifs is 1. The first kappa shape index (κ1) is 24.7. The molecule has 0 bridgehead atoms. The quantitative estimate of drug-likeness (QED) is 0.539. The van der Waals surface area contributed by atoms with Gasteiger partial charge in [-0.1, -0.05) is 6.07 Å². The van der Waals surface area contributed by atoms with E-state index in [2.05, 4.69) is 15.3 Å². The van der Waals surface area contributed by atoms with Gasteiger partial charge in [-0.05, 0) is 58.1 Å². The number of amides is 3. The third-order valence-electron chi connectivity index (χ3n) is 8.33. The van der Waals surface area contributed by atoms with Crippen LogP contribution in [0.4, 0.5) is 4.39 Å². The number of nitrogens with two attached hydrogens (primary N) is 1. The highest BCUT2D eigenvalue weighted by molar-refractivity contribution is 5.87. The average molecular weight is 500 g/mol. The molecule has 3 aliphatic rings. The minimum Gasteiger partial charge on any atom is -0.376 e. The lowest BCUT2D eigenvalue weighted by atomic mass is 9.54. The van der Waals surface area contributed by atoms with Gasteiger partial charge in [-0.3, -0.25) is 14.4 Å². The summed E-state index contributed by atoms with van der Waals surface area (Å²) in [6, 6.07) is 4.26. The molecular formula is C26H34FN5O4. The Morgan fingerprint density at radius 1 is 1.33 bits per heavy atom. The third kappa shape index (κ3) is 4.36. The van der Waals surface area contributed by atoms with Gasteiger partial charge in [0, 0.05) is 30.3 Å². The first-order valence-electron chi connectivity index (χ1n) is 12.8. The Kier molecular flexibility index (Phi) is 6.48. The molecule has 4 N–H and O–H groups in total. The number of hydrogen-bond donors (Lipinski definition) is 3. The number of aromatic amines is 1. The number of halogens is 1. The molecule has 1 saturated carbocycles. The molecule has 1 aromatic heterocycles. The number of benzene rings is 1. The number of hydrogen-bond acceptors (Lipinski definition) is 5.